The molecule has 0 radical (unpaired) electrons. The number of hydrogen-bond acceptors (Lipinski definition) is 3. The Balaban J connectivity index is 1.78. The van der Waals surface area contributed by atoms with E-state index in [1.165, 1.54) is 12.0 Å². The second-order valence-corrected chi connectivity index (χ2v) is 7.35. The maximum atomic E-state index is 6.15. The van der Waals surface area contributed by atoms with Crippen LogP contribution in [0.3, 0.4) is 0 Å². The van der Waals surface area contributed by atoms with E-state index in [4.69, 9.17) is 14.2 Å². The van der Waals surface area contributed by atoms with Crippen LogP contribution in [0.5, 0.6) is 0 Å². The first kappa shape index (κ1) is 14.6. The number of allylic oxidation sites excluding steroid dienone is 1. The zero-order valence-electron chi connectivity index (χ0n) is 13.4. The van der Waals surface area contributed by atoms with E-state index in [0.29, 0.717) is 17.9 Å². The lowest BCUT2D eigenvalue weighted by atomic mass is 9.66. The van der Waals surface area contributed by atoms with Gasteiger partial charge in [0.2, 0.25) is 0 Å². The van der Waals surface area contributed by atoms with Crippen LogP contribution in [0.15, 0.2) is 11.6 Å². The van der Waals surface area contributed by atoms with Gasteiger partial charge in [0.15, 0.2) is 0 Å². The molecule has 1 saturated carbocycles. The molecule has 0 aromatic rings. The fraction of sp³-hybridized carbons (Fsp3) is 0.882. The predicted octanol–water partition coefficient (Wildman–Crippen LogP) is 3.33. The lowest BCUT2D eigenvalue weighted by Crippen LogP contribution is -2.51. The molecule has 3 nitrogen and oxygen atoms in total. The molecule has 1 aliphatic carbocycles. The molecular formula is C17H28O3. The smallest absolute Gasteiger partial charge is 0.100 e. The molecule has 1 spiro atoms. The van der Waals surface area contributed by atoms with E-state index < -0.39 is 0 Å². The Morgan fingerprint density at radius 1 is 1.40 bits per heavy atom. The van der Waals surface area contributed by atoms with Crippen molar-refractivity contribution < 1.29 is 14.2 Å². The minimum Gasteiger partial charge on any atom is -0.381 e. The minimum atomic E-state index is -0.0716. The summed E-state index contributed by atoms with van der Waals surface area (Å²) in [5, 5.41) is 0. The van der Waals surface area contributed by atoms with Gasteiger partial charge < -0.3 is 14.2 Å². The Labute approximate surface area is 122 Å². The highest BCUT2D eigenvalue weighted by Gasteiger charge is 2.71. The third-order valence-corrected chi connectivity index (χ3v) is 5.60. The number of methoxy groups -OCH3 is 1. The number of ether oxygens (including phenoxy) is 3. The summed E-state index contributed by atoms with van der Waals surface area (Å²) in [7, 11) is 1.84. The van der Waals surface area contributed by atoms with Gasteiger partial charge in [0.25, 0.3) is 0 Å². The summed E-state index contributed by atoms with van der Waals surface area (Å²) in [5.74, 6) is 0.962. The summed E-state index contributed by atoms with van der Waals surface area (Å²) in [4.78, 5) is 0. The van der Waals surface area contributed by atoms with Crippen molar-refractivity contribution in [1.29, 1.82) is 0 Å². The molecule has 3 fully saturated rings. The molecular weight excluding hydrogens is 252 g/mol. The molecule has 6 atom stereocenters. The Morgan fingerprint density at radius 2 is 2.10 bits per heavy atom. The molecule has 0 N–H and O–H groups in total. The highest BCUT2D eigenvalue weighted by molar-refractivity contribution is 5.20. The summed E-state index contributed by atoms with van der Waals surface area (Å²) < 4.78 is 17.9. The highest BCUT2D eigenvalue weighted by Crippen LogP contribution is 2.60. The molecule has 0 bridgehead atoms. The van der Waals surface area contributed by atoms with Crippen LogP contribution in [-0.4, -0.2) is 37.1 Å². The Hall–Kier alpha value is -0.380. The van der Waals surface area contributed by atoms with E-state index in [2.05, 4.69) is 33.8 Å². The highest BCUT2D eigenvalue weighted by atomic mass is 16.6. The molecule has 3 aliphatic rings. The van der Waals surface area contributed by atoms with Crippen LogP contribution in [0.4, 0.5) is 0 Å². The van der Waals surface area contributed by atoms with E-state index >= 15 is 0 Å². The maximum Gasteiger partial charge on any atom is 0.100 e. The Kier molecular flexibility index (Phi) is 3.51. The minimum absolute atomic E-state index is 0.0433. The van der Waals surface area contributed by atoms with Gasteiger partial charge in [-0.1, -0.05) is 18.6 Å². The SMILES string of the molecule is CO[C@@H]1[C@@H](C)CC[C@]2(CO2)[C@H]1[C@@]1(C)O[C@@H]1CC=C(C)C. The van der Waals surface area contributed by atoms with E-state index in [-0.39, 0.29) is 17.3 Å². The summed E-state index contributed by atoms with van der Waals surface area (Å²) in [6.45, 7) is 9.73. The summed E-state index contributed by atoms with van der Waals surface area (Å²) >= 11 is 0. The Bertz CT molecular complexity index is 408. The predicted molar refractivity (Wildman–Crippen MR) is 78.7 cm³/mol. The fourth-order valence-corrected chi connectivity index (χ4v) is 4.22. The largest absolute Gasteiger partial charge is 0.381 e. The first-order valence-corrected chi connectivity index (χ1v) is 7.91. The normalized spacial score (nSPS) is 50.0. The quantitative estimate of drug-likeness (QED) is 0.585. The number of hydrogen-bond donors (Lipinski definition) is 0. The average molecular weight is 280 g/mol. The first-order valence-electron chi connectivity index (χ1n) is 7.91. The standard InChI is InChI=1S/C17H28O3/c1-11(2)6-7-13-16(4,20-13)15-14(18-5)12(3)8-9-17(15)10-19-17/h6,12-15H,7-10H2,1-5H3/t12-,13+,14+,15+,16-,17-/m0/s1. The van der Waals surface area contributed by atoms with Crippen molar-refractivity contribution in [3.8, 4) is 0 Å². The second kappa shape index (κ2) is 4.82. The van der Waals surface area contributed by atoms with Crippen molar-refractivity contribution in [2.75, 3.05) is 13.7 Å². The Morgan fingerprint density at radius 3 is 2.65 bits per heavy atom. The fourth-order valence-electron chi connectivity index (χ4n) is 4.22. The summed E-state index contributed by atoms with van der Waals surface area (Å²) in [5.41, 5.74) is 1.33. The molecule has 3 heteroatoms. The van der Waals surface area contributed by atoms with E-state index in [1.807, 2.05) is 7.11 Å². The monoisotopic (exact) mass is 280 g/mol. The third kappa shape index (κ3) is 2.24. The molecule has 3 rings (SSSR count). The van der Waals surface area contributed by atoms with Gasteiger partial charge in [-0.2, -0.15) is 0 Å². The van der Waals surface area contributed by atoms with Crippen molar-refractivity contribution in [3.05, 3.63) is 11.6 Å². The lowest BCUT2D eigenvalue weighted by Gasteiger charge is -2.42. The van der Waals surface area contributed by atoms with Gasteiger partial charge in [0, 0.05) is 13.0 Å². The van der Waals surface area contributed by atoms with Crippen molar-refractivity contribution in [1.82, 2.24) is 0 Å². The van der Waals surface area contributed by atoms with Gasteiger partial charge >= 0.3 is 0 Å². The number of rotatable bonds is 4. The van der Waals surface area contributed by atoms with E-state index in [0.717, 1.165) is 19.4 Å². The second-order valence-electron chi connectivity index (χ2n) is 7.35. The molecule has 0 amide bonds. The summed E-state index contributed by atoms with van der Waals surface area (Å²) in [6.07, 6.45) is 6.23. The lowest BCUT2D eigenvalue weighted by molar-refractivity contribution is -0.0776. The van der Waals surface area contributed by atoms with Crippen LogP contribution in [-0.2, 0) is 14.2 Å². The van der Waals surface area contributed by atoms with E-state index in [9.17, 15) is 0 Å². The van der Waals surface area contributed by atoms with Gasteiger partial charge in [-0.3, -0.25) is 0 Å². The average Bonchev–Trinajstić information content (AvgIpc) is 3.29. The maximum absolute atomic E-state index is 6.15. The van der Waals surface area contributed by atoms with Gasteiger partial charge in [-0.15, -0.1) is 0 Å². The van der Waals surface area contributed by atoms with Crippen LogP contribution in [0, 0.1) is 11.8 Å². The number of epoxide rings is 2. The first-order chi connectivity index (χ1) is 9.43. The molecule has 2 saturated heterocycles. The molecule has 20 heavy (non-hydrogen) atoms. The van der Waals surface area contributed by atoms with Gasteiger partial charge in [-0.05, 0) is 46.0 Å². The summed E-state index contributed by atoms with van der Waals surface area (Å²) in [6, 6.07) is 0. The molecule has 2 heterocycles. The third-order valence-electron chi connectivity index (χ3n) is 5.60. The van der Waals surface area contributed by atoms with Crippen molar-refractivity contribution in [3.63, 3.8) is 0 Å². The van der Waals surface area contributed by atoms with Crippen LogP contribution in [0.1, 0.15) is 47.0 Å². The van der Waals surface area contributed by atoms with Crippen LogP contribution in [0.2, 0.25) is 0 Å². The van der Waals surface area contributed by atoms with Gasteiger partial charge in [0.05, 0.1) is 24.4 Å². The van der Waals surface area contributed by atoms with Crippen LogP contribution < -0.4 is 0 Å². The zero-order valence-corrected chi connectivity index (χ0v) is 13.4. The van der Waals surface area contributed by atoms with Crippen molar-refractivity contribution in [2.45, 2.75) is 70.4 Å². The molecule has 0 aromatic heterocycles. The zero-order chi connectivity index (χ0) is 14.5. The van der Waals surface area contributed by atoms with E-state index in [1.54, 1.807) is 0 Å². The van der Waals surface area contributed by atoms with Crippen LogP contribution in [0.25, 0.3) is 0 Å². The van der Waals surface area contributed by atoms with Crippen LogP contribution >= 0.6 is 0 Å². The molecule has 2 aliphatic heterocycles. The topological polar surface area (TPSA) is 34.3 Å². The molecule has 0 unspecified atom stereocenters. The van der Waals surface area contributed by atoms with Gasteiger partial charge in [-0.25, -0.2) is 0 Å². The van der Waals surface area contributed by atoms with Crippen molar-refractivity contribution in [2.24, 2.45) is 11.8 Å². The van der Waals surface area contributed by atoms with Gasteiger partial charge in [0.1, 0.15) is 5.60 Å². The molecule has 0 aromatic carbocycles. The van der Waals surface area contributed by atoms with Crippen molar-refractivity contribution >= 4 is 0 Å². The molecule has 114 valence electrons.